The van der Waals surface area contributed by atoms with Crippen LogP contribution in [-0.4, -0.2) is 11.8 Å². The van der Waals surface area contributed by atoms with Crippen molar-refractivity contribution in [3.8, 4) is 0 Å². The molecule has 0 N–H and O–H groups in total. The smallest absolute Gasteiger partial charge is 0.0867 e. The number of aliphatic imine (C=N–C) groups is 1. The van der Waals surface area contributed by atoms with Crippen LogP contribution >= 0.6 is 0 Å². The van der Waals surface area contributed by atoms with Crippen molar-refractivity contribution in [2.45, 2.75) is 19.9 Å². The maximum Gasteiger partial charge on any atom is 0.0867 e. The molecule has 0 saturated carbocycles. The molecule has 0 aromatic rings. The van der Waals surface area contributed by atoms with E-state index in [0.717, 1.165) is 5.71 Å². The summed E-state index contributed by atoms with van der Waals surface area (Å²) in [6.07, 6.45) is 3.96. The molecule has 0 fully saturated rings. The van der Waals surface area contributed by atoms with Crippen LogP contribution in [0.3, 0.4) is 0 Å². The van der Waals surface area contributed by atoms with Gasteiger partial charge in [0.05, 0.1) is 6.04 Å². The minimum atomic E-state index is 0.241. The molecule has 1 heteroatoms. The molecule has 1 rings (SSSR count). The SMILES string of the molecule is C=CC1C=C(C)C(C)=N1. The minimum Gasteiger partial charge on any atom is -0.278 e. The van der Waals surface area contributed by atoms with Gasteiger partial charge in [-0.05, 0) is 19.4 Å². The monoisotopic (exact) mass is 121 g/mol. The molecule has 1 aliphatic rings. The second-order valence-corrected chi connectivity index (χ2v) is 2.29. The fraction of sp³-hybridized carbons (Fsp3) is 0.375. The van der Waals surface area contributed by atoms with Gasteiger partial charge >= 0.3 is 0 Å². The Kier molecular flexibility index (Phi) is 1.52. The number of nitrogens with zero attached hydrogens (tertiary/aromatic N) is 1. The summed E-state index contributed by atoms with van der Waals surface area (Å²) >= 11 is 0. The average Bonchev–Trinajstić information content (AvgIpc) is 2.13. The van der Waals surface area contributed by atoms with Gasteiger partial charge in [-0.25, -0.2) is 0 Å². The standard InChI is InChI=1S/C8H11N/c1-4-8-5-6(2)7(3)9-8/h4-5,8H,1H2,2-3H3. The van der Waals surface area contributed by atoms with Gasteiger partial charge in [-0.2, -0.15) is 0 Å². The zero-order chi connectivity index (χ0) is 6.85. The van der Waals surface area contributed by atoms with Crippen LogP contribution in [0.2, 0.25) is 0 Å². The van der Waals surface area contributed by atoms with Crippen molar-refractivity contribution in [3.63, 3.8) is 0 Å². The maximum absolute atomic E-state index is 4.29. The summed E-state index contributed by atoms with van der Waals surface area (Å²) in [6.45, 7) is 7.75. The Morgan fingerprint density at radius 2 is 2.33 bits per heavy atom. The van der Waals surface area contributed by atoms with Gasteiger partial charge in [-0.3, -0.25) is 4.99 Å². The minimum absolute atomic E-state index is 0.241. The van der Waals surface area contributed by atoms with Gasteiger partial charge in [-0.15, -0.1) is 6.58 Å². The first-order valence-corrected chi connectivity index (χ1v) is 3.10. The molecular formula is C8H11N. The van der Waals surface area contributed by atoms with Crippen molar-refractivity contribution < 1.29 is 0 Å². The summed E-state index contributed by atoms with van der Waals surface area (Å²) in [4.78, 5) is 4.29. The second-order valence-electron chi connectivity index (χ2n) is 2.29. The molecule has 0 aromatic carbocycles. The lowest BCUT2D eigenvalue weighted by Gasteiger charge is -1.89. The number of rotatable bonds is 1. The highest BCUT2D eigenvalue weighted by atomic mass is 14.8. The van der Waals surface area contributed by atoms with Crippen LogP contribution < -0.4 is 0 Å². The Hall–Kier alpha value is -0.850. The van der Waals surface area contributed by atoms with Crippen LogP contribution in [0.4, 0.5) is 0 Å². The summed E-state index contributed by atoms with van der Waals surface area (Å²) in [5, 5.41) is 0. The summed E-state index contributed by atoms with van der Waals surface area (Å²) in [5.41, 5.74) is 2.42. The first-order valence-electron chi connectivity index (χ1n) is 3.10. The normalized spacial score (nSPS) is 25.3. The number of allylic oxidation sites excluding steroid dienone is 1. The molecule has 9 heavy (non-hydrogen) atoms. The molecule has 48 valence electrons. The van der Waals surface area contributed by atoms with Crippen LogP contribution in [0.15, 0.2) is 29.3 Å². The van der Waals surface area contributed by atoms with Crippen molar-refractivity contribution in [1.82, 2.24) is 0 Å². The Bertz CT molecular complexity index is 169. The van der Waals surface area contributed by atoms with Crippen LogP contribution in [-0.2, 0) is 0 Å². The number of hydrogen-bond acceptors (Lipinski definition) is 1. The molecule has 0 radical (unpaired) electrons. The van der Waals surface area contributed by atoms with Crippen LogP contribution in [0.1, 0.15) is 13.8 Å². The lowest BCUT2D eigenvalue weighted by Crippen LogP contribution is -1.88. The van der Waals surface area contributed by atoms with E-state index in [9.17, 15) is 0 Å². The molecule has 1 atom stereocenters. The fourth-order valence-corrected chi connectivity index (χ4v) is 0.860. The predicted octanol–water partition coefficient (Wildman–Crippen LogP) is 1.96. The van der Waals surface area contributed by atoms with E-state index in [0.29, 0.717) is 0 Å². The van der Waals surface area contributed by atoms with Crippen LogP contribution in [0.5, 0.6) is 0 Å². The van der Waals surface area contributed by atoms with E-state index in [-0.39, 0.29) is 6.04 Å². The van der Waals surface area contributed by atoms with Crippen molar-refractivity contribution in [2.75, 3.05) is 0 Å². The molecule has 0 aromatic heterocycles. The fourth-order valence-electron chi connectivity index (χ4n) is 0.860. The van der Waals surface area contributed by atoms with Crippen LogP contribution in [0, 0.1) is 0 Å². The van der Waals surface area contributed by atoms with E-state index in [4.69, 9.17) is 0 Å². The Balaban J connectivity index is 2.82. The van der Waals surface area contributed by atoms with E-state index >= 15 is 0 Å². The van der Waals surface area contributed by atoms with E-state index in [1.165, 1.54) is 5.57 Å². The highest BCUT2D eigenvalue weighted by molar-refractivity contribution is 5.99. The third kappa shape index (κ3) is 1.10. The van der Waals surface area contributed by atoms with E-state index in [2.05, 4.69) is 24.6 Å². The average molecular weight is 121 g/mol. The Morgan fingerprint density at radius 3 is 2.56 bits per heavy atom. The maximum atomic E-state index is 4.29. The summed E-state index contributed by atoms with van der Waals surface area (Å²) < 4.78 is 0. The zero-order valence-corrected chi connectivity index (χ0v) is 5.89. The zero-order valence-electron chi connectivity index (χ0n) is 5.89. The Morgan fingerprint density at radius 1 is 1.67 bits per heavy atom. The van der Waals surface area contributed by atoms with Gasteiger partial charge in [0.25, 0.3) is 0 Å². The molecule has 1 heterocycles. The van der Waals surface area contributed by atoms with Gasteiger partial charge in [0.2, 0.25) is 0 Å². The van der Waals surface area contributed by atoms with E-state index in [1.807, 2.05) is 13.0 Å². The quantitative estimate of drug-likeness (QED) is 0.470. The van der Waals surface area contributed by atoms with E-state index in [1.54, 1.807) is 0 Å². The lowest BCUT2D eigenvalue weighted by molar-refractivity contribution is 1.05. The number of hydrogen-bond donors (Lipinski definition) is 0. The molecule has 0 saturated heterocycles. The Labute approximate surface area is 55.8 Å². The molecule has 0 bridgehead atoms. The first-order chi connectivity index (χ1) is 4.24. The van der Waals surface area contributed by atoms with Crippen molar-refractivity contribution >= 4 is 5.71 Å². The second kappa shape index (κ2) is 2.18. The van der Waals surface area contributed by atoms with Crippen molar-refractivity contribution in [3.05, 3.63) is 24.3 Å². The van der Waals surface area contributed by atoms with Gasteiger partial charge in [0, 0.05) is 5.71 Å². The topological polar surface area (TPSA) is 12.4 Å². The highest BCUT2D eigenvalue weighted by Crippen LogP contribution is 2.11. The molecular weight excluding hydrogens is 110 g/mol. The van der Waals surface area contributed by atoms with Gasteiger partial charge in [0.1, 0.15) is 0 Å². The molecule has 0 aliphatic carbocycles. The van der Waals surface area contributed by atoms with E-state index < -0.39 is 0 Å². The third-order valence-corrected chi connectivity index (χ3v) is 1.58. The molecule has 1 unspecified atom stereocenters. The largest absolute Gasteiger partial charge is 0.278 e. The summed E-state index contributed by atoms with van der Waals surface area (Å²) in [7, 11) is 0. The molecule has 0 spiro atoms. The summed E-state index contributed by atoms with van der Waals surface area (Å²) in [5.74, 6) is 0. The van der Waals surface area contributed by atoms with Crippen molar-refractivity contribution in [2.24, 2.45) is 4.99 Å². The van der Waals surface area contributed by atoms with Gasteiger partial charge in [0.15, 0.2) is 0 Å². The summed E-state index contributed by atoms with van der Waals surface area (Å²) in [6, 6.07) is 0.241. The first kappa shape index (κ1) is 6.27. The third-order valence-electron chi connectivity index (χ3n) is 1.58. The molecule has 1 nitrogen and oxygen atoms in total. The van der Waals surface area contributed by atoms with Crippen molar-refractivity contribution in [1.29, 1.82) is 0 Å². The van der Waals surface area contributed by atoms with Crippen LogP contribution in [0.25, 0.3) is 0 Å². The highest BCUT2D eigenvalue weighted by Gasteiger charge is 2.07. The lowest BCUT2D eigenvalue weighted by atomic mass is 10.2. The molecule has 0 amide bonds. The van der Waals surface area contributed by atoms with Gasteiger partial charge in [-0.1, -0.05) is 12.2 Å². The predicted molar refractivity (Wildman–Crippen MR) is 40.9 cm³/mol. The molecule has 1 aliphatic heterocycles. The van der Waals surface area contributed by atoms with Gasteiger partial charge < -0.3 is 0 Å².